The lowest BCUT2D eigenvalue weighted by atomic mass is 9.95. The number of phenolic OH excluding ortho intramolecular Hbond substituents is 1. The minimum absolute atomic E-state index is 0.147. The highest BCUT2D eigenvalue weighted by atomic mass is 16.5. The van der Waals surface area contributed by atoms with Gasteiger partial charge in [0.1, 0.15) is 11.5 Å². The van der Waals surface area contributed by atoms with Crippen molar-refractivity contribution in [3.8, 4) is 11.5 Å². The Bertz CT molecular complexity index is 1220. The molecule has 0 unspecified atom stereocenters. The Morgan fingerprint density at radius 1 is 1.15 bits per heavy atom. The van der Waals surface area contributed by atoms with Crippen molar-refractivity contribution in [2.75, 3.05) is 6.54 Å². The Kier molecular flexibility index (Phi) is 6.20. The minimum Gasteiger partial charge on any atom is -0.507 e. The second kappa shape index (κ2) is 9.43. The number of phenols is 1. The van der Waals surface area contributed by atoms with Crippen LogP contribution in [0.15, 0.2) is 66.7 Å². The first-order valence-electron chi connectivity index (χ1n) is 12.0. The summed E-state index contributed by atoms with van der Waals surface area (Å²) in [5.41, 5.74) is 4.52. The fourth-order valence-corrected chi connectivity index (χ4v) is 4.91. The summed E-state index contributed by atoms with van der Waals surface area (Å²) in [5, 5.41) is 10.8. The number of ether oxygens (including phenoxy) is 1. The lowest BCUT2D eigenvalue weighted by Gasteiger charge is -2.36. The molecule has 174 valence electrons. The number of aromatic hydroxyl groups is 1. The molecule has 2 aliphatic heterocycles. The number of pyridine rings is 1. The summed E-state index contributed by atoms with van der Waals surface area (Å²) in [6.45, 7) is 5.74. The molecule has 5 rings (SSSR count). The first-order valence-corrected chi connectivity index (χ1v) is 12.0. The van der Waals surface area contributed by atoms with Crippen LogP contribution in [-0.4, -0.2) is 27.3 Å². The van der Waals surface area contributed by atoms with E-state index in [1.54, 1.807) is 24.4 Å². The third-order valence-corrected chi connectivity index (χ3v) is 6.86. The quantitative estimate of drug-likeness (QED) is 0.462. The molecule has 0 aliphatic carbocycles. The standard InChI is InChI=1S/C29H30N2O3/c1-19(2)21-10-8-20(9-11-21)16-27-28(33)23-12-13-26(32)24(29(23)34-27)18-31-15-4-3-7-25(31)22-6-5-14-30-17-22/h5-6,8-14,16-17,19,25,32H,3-4,7,15,18H2,1-2H3/b27-16-/t25-/m0/s1. The molecule has 1 atom stereocenters. The first kappa shape index (κ1) is 22.4. The third kappa shape index (κ3) is 4.36. The van der Waals surface area contributed by atoms with Crippen LogP contribution in [-0.2, 0) is 6.54 Å². The van der Waals surface area contributed by atoms with Gasteiger partial charge in [-0.15, -0.1) is 0 Å². The molecule has 0 bridgehead atoms. The molecule has 1 saturated heterocycles. The third-order valence-electron chi connectivity index (χ3n) is 6.86. The average Bonchev–Trinajstić information content (AvgIpc) is 3.17. The van der Waals surface area contributed by atoms with Gasteiger partial charge in [0.25, 0.3) is 0 Å². The average molecular weight is 455 g/mol. The zero-order valence-electron chi connectivity index (χ0n) is 19.7. The summed E-state index contributed by atoms with van der Waals surface area (Å²) in [6.07, 6.45) is 8.79. The van der Waals surface area contributed by atoms with Crippen LogP contribution in [0.5, 0.6) is 11.5 Å². The summed E-state index contributed by atoms with van der Waals surface area (Å²) >= 11 is 0. The molecule has 2 aromatic carbocycles. The summed E-state index contributed by atoms with van der Waals surface area (Å²) in [5.74, 6) is 1.23. The van der Waals surface area contributed by atoms with Crippen molar-refractivity contribution in [3.05, 3.63) is 94.5 Å². The molecule has 5 nitrogen and oxygen atoms in total. The van der Waals surface area contributed by atoms with Crippen molar-refractivity contribution < 1.29 is 14.6 Å². The van der Waals surface area contributed by atoms with E-state index in [4.69, 9.17) is 4.74 Å². The normalized spacial score (nSPS) is 19.4. The predicted octanol–water partition coefficient (Wildman–Crippen LogP) is 6.25. The summed E-state index contributed by atoms with van der Waals surface area (Å²) in [6, 6.07) is 15.7. The molecule has 5 heteroatoms. The van der Waals surface area contributed by atoms with Gasteiger partial charge in [-0.05, 0) is 66.3 Å². The Hall–Kier alpha value is -3.44. The van der Waals surface area contributed by atoms with Crippen LogP contribution in [0, 0.1) is 0 Å². The zero-order valence-corrected chi connectivity index (χ0v) is 19.7. The van der Waals surface area contributed by atoms with Gasteiger partial charge in [-0.2, -0.15) is 0 Å². The minimum atomic E-state index is -0.147. The van der Waals surface area contributed by atoms with Gasteiger partial charge in [-0.25, -0.2) is 0 Å². The second-order valence-electron chi connectivity index (χ2n) is 9.47. The fraction of sp³-hybridized carbons (Fsp3) is 0.310. The van der Waals surface area contributed by atoms with E-state index in [-0.39, 0.29) is 17.6 Å². The number of nitrogens with zero attached hydrogens (tertiary/aromatic N) is 2. The van der Waals surface area contributed by atoms with E-state index in [0.717, 1.165) is 31.4 Å². The van der Waals surface area contributed by atoms with Gasteiger partial charge in [0.15, 0.2) is 5.76 Å². The van der Waals surface area contributed by atoms with E-state index in [0.29, 0.717) is 35.1 Å². The number of Topliss-reactive ketones (excluding diaryl/α,β-unsaturated/α-hetero) is 1. The number of likely N-dealkylation sites (tertiary alicyclic amines) is 1. The maximum atomic E-state index is 13.1. The number of rotatable bonds is 5. The molecule has 0 radical (unpaired) electrons. The smallest absolute Gasteiger partial charge is 0.231 e. The van der Waals surface area contributed by atoms with Gasteiger partial charge < -0.3 is 9.84 Å². The maximum Gasteiger partial charge on any atom is 0.231 e. The van der Waals surface area contributed by atoms with Crippen molar-refractivity contribution >= 4 is 11.9 Å². The topological polar surface area (TPSA) is 62.7 Å². The molecular weight excluding hydrogens is 424 g/mol. The van der Waals surface area contributed by atoms with Crippen LogP contribution in [0.2, 0.25) is 0 Å². The van der Waals surface area contributed by atoms with Crippen LogP contribution in [0.1, 0.15) is 77.7 Å². The van der Waals surface area contributed by atoms with Gasteiger partial charge in [-0.1, -0.05) is 50.6 Å². The maximum absolute atomic E-state index is 13.1. The van der Waals surface area contributed by atoms with Gasteiger partial charge in [0.05, 0.1) is 11.1 Å². The van der Waals surface area contributed by atoms with Gasteiger partial charge in [0.2, 0.25) is 5.78 Å². The highest BCUT2D eigenvalue weighted by Crippen LogP contribution is 2.42. The number of benzene rings is 2. The number of allylic oxidation sites excluding steroid dienone is 1. The Labute approximate surface area is 200 Å². The second-order valence-corrected chi connectivity index (χ2v) is 9.47. The van der Waals surface area contributed by atoms with Gasteiger partial charge in [0, 0.05) is 25.0 Å². The monoisotopic (exact) mass is 454 g/mol. The first-order chi connectivity index (χ1) is 16.5. The van der Waals surface area contributed by atoms with Crippen molar-refractivity contribution in [2.24, 2.45) is 0 Å². The molecule has 1 aromatic heterocycles. The number of carbonyl (C=O) groups excluding carboxylic acids is 1. The van der Waals surface area contributed by atoms with Crippen molar-refractivity contribution in [1.82, 2.24) is 9.88 Å². The van der Waals surface area contributed by atoms with Crippen molar-refractivity contribution in [1.29, 1.82) is 0 Å². The molecule has 0 spiro atoms. The fourth-order valence-electron chi connectivity index (χ4n) is 4.91. The molecular formula is C29H30N2O3. The highest BCUT2D eigenvalue weighted by molar-refractivity contribution is 6.15. The number of piperidine rings is 1. The Morgan fingerprint density at radius 2 is 1.97 bits per heavy atom. The van der Waals surface area contributed by atoms with Gasteiger partial charge >= 0.3 is 0 Å². The molecule has 1 fully saturated rings. The lowest BCUT2D eigenvalue weighted by molar-refractivity contribution is 0.101. The van der Waals surface area contributed by atoms with Crippen molar-refractivity contribution in [2.45, 2.75) is 51.6 Å². The van der Waals surface area contributed by atoms with Crippen LogP contribution in [0.3, 0.4) is 0 Å². The summed E-state index contributed by atoms with van der Waals surface area (Å²) in [7, 11) is 0. The number of ketones is 1. The molecule has 3 heterocycles. The summed E-state index contributed by atoms with van der Waals surface area (Å²) < 4.78 is 6.11. The Morgan fingerprint density at radius 3 is 2.71 bits per heavy atom. The van der Waals surface area contributed by atoms with Crippen LogP contribution in [0.4, 0.5) is 0 Å². The predicted molar refractivity (Wildman–Crippen MR) is 133 cm³/mol. The molecule has 3 aromatic rings. The van der Waals surface area contributed by atoms with E-state index >= 15 is 0 Å². The van der Waals surface area contributed by atoms with Crippen LogP contribution in [0.25, 0.3) is 6.08 Å². The number of hydrogen-bond donors (Lipinski definition) is 1. The molecule has 34 heavy (non-hydrogen) atoms. The lowest BCUT2D eigenvalue weighted by Crippen LogP contribution is -2.33. The molecule has 1 N–H and O–H groups in total. The number of aromatic nitrogens is 1. The van der Waals surface area contributed by atoms with E-state index < -0.39 is 0 Å². The number of carbonyl (C=O) groups is 1. The van der Waals surface area contributed by atoms with E-state index in [1.807, 2.05) is 24.4 Å². The zero-order chi connectivity index (χ0) is 23.7. The highest BCUT2D eigenvalue weighted by Gasteiger charge is 2.33. The summed E-state index contributed by atoms with van der Waals surface area (Å²) in [4.78, 5) is 19.8. The van der Waals surface area contributed by atoms with E-state index in [2.05, 4.69) is 41.9 Å². The largest absolute Gasteiger partial charge is 0.507 e. The number of hydrogen-bond acceptors (Lipinski definition) is 5. The van der Waals surface area contributed by atoms with Crippen molar-refractivity contribution in [3.63, 3.8) is 0 Å². The Balaban J connectivity index is 1.43. The molecule has 2 aliphatic rings. The number of fused-ring (bicyclic) bond motifs is 1. The van der Waals surface area contributed by atoms with E-state index in [9.17, 15) is 9.90 Å². The van der Waals surface area contributed by atoms with E-state index in [1.165, 1.54) is 11.1 Å². The molecule has 0 saturated carbocycles. The van der Waals surface area contributed by atoms with Crippen LogP contribution < -0.4 is 4.74 Å². The van der Waals surface area contributed by atoms with Crippen LogP contribution >= 0.6 is 0 Å². The SMILES string of the molecule is CC(C)c1ccc(/C=C2\Oc3c(ccc(O)c3CN3CCCC[C@H]3c3cccnc3)C2=O)cc1. The van der Waals surface area contributed by atoms with Gasteiger partial charge in [-0.3, -0.25) is 14.7 Å². The molecule has 0 amide bonds.